The predicted octanol–water partition coefficient (Wildman–Crippen LogP) is 3.28. The summed E-state index contributed by atoms with van der Waals surface area (Å²) in [5, 5.41) is 2.98. The topological polar surface area (TPSA) is 34.0 Å². The molecule has 0 bridgehead atoms. The molecular formula is C14H12FIN2O. The van der Waals surface area contributed by atoms with Gasteiger partial charge in [-0.05, 0) is 59.7 Å². The van der Waals surface area contributed by atoms with Crippen LogP contribution in [-0.2, 0) is 13.0 Å². The highest BCUT2D eigenvalue weighted by Gasteiger charge is 2.13. The maximum Gasteiger partial charge on any atom is 0.252 e. The smallest absolute Gasteiger partial charge is 0.252 e. The summed E-state index contributed by atoms with van der Waals surface area (Å²) in [6.45, 7) is 0.784. The number of nitrogens with zero attached hydrogens (tertiary/aromatic N) is 1. The summed E-state index contributed by atoms with van der Waals surface area (Å²) in [7, 11) is 0. The molecule has 0 spiro atoms. The third kappa shape index (κ3) is 2.51. The highest BCUT2D eigenvalue weighted by Crippen LogP contribution is 2.23. The van der Waals surface area contributed by atoms with Crippen LogP contribution >= 0.6 is 22.6 Å². The van der Waals surface area contributed by atoms with Gasteiger partial charge in [-0.2, -0.15) is 0 Å². The molecule has 3 rings (SSSR count). The molecule has 0 amide bonds. The molecule has 0 saturated carbocycles. The van der Waals surface area contributed by atoms with E-state index < -0.39 is 0 Å². The van der Waals surface area contributed by atoms with Gasteiger partial charge in [0.05, 0.1) is 5.69 Å². The fourth-order valence-corrected chi connectivity index (χ4v) is 2.80. The van der Waals surface area contributed by atoms with Crippen LogP contribution in [0.2, 0.25) is 0 Å². The zero-order chi connectivity index (χ0) is 13.4. The Labute approximate surface area is 123 Å². The number of pyridine rings is 1. The Morgan fingerprint density at radius 2 is 2.11 bits per heavy atom. The lowest BCUT2D eigenvalue weighted by molar-refractivity contribution is 0.631. The minimum atomic E-state index is -0.312. The molecule has 98 valence electrons. The van der Waals surface area contributed by atoms with Crippen molar-refractivity contribution < 1.29 is 4.39 Å². The monoisotopic (exact) mass is 370 g/mol. The van der Waals surface area contributed by atoms with Crippen LogP contribution in [0, 0.1) is 9.39 Å². The van der Waals surface area contributed by atoms with Crippen LogP contribution in [0.4, 0.5) is 15.8 Å². The second kappa shape index (κ2) is 4.96. The van der Waals surface area contributed by atoms with Gasteiger partial charge in [0.2, 0.25) is 0 Å². The molecule has 1 aromatic heterocycles. The molecule has 2 aromatic rings. The van der Waals surface area contributed by atoms with E-state index in [9.17, 15) is 9.18 Å². The van der Waals surface area contributed by atoms with Gasteiger partial charge in [0, 0.05) is 27.6 Å². The van der Waals surface area contributed by atoms with Crippen LogP contribution < -0.4 is 10.9 Å². The van der Waals surface area contributed by atoms with Crippen LogP contribution in [0.1, 0.15) is 12.1 Å². The number of aryl methyl sites for hydroxylation is 1. The van der Waals surface area contributed by atoms with Crippen molar-refractivity contribution in [3.05, 3.63) is 55.8 Å². The molecule has 1 N–H and O–H groups in total. The molecule has 1 aromatic carbocycles. The van der Waals surface area contributed by atoms with Crippen molar-refractivity contribution in [2.24, 2.45) is 0 Å². The first-order chi connectivity index (χ1) is 9.13. The molecule has 2 heterocycles. The Bertz CT molecular complexity index is 696. The minimum Gasteiger partial charge on any atom is -0.353 e. The average Bonchev–Trinajstić information content (AvgIpc) is 2.81. The summed E-state index contributed by atoms with van der Waals surface area (Å²) >= 11 is 2.06. The van der Waals surface area contributed by atoms with Crippen LogP contribution in [0.5, 0.6) is 0 Å². The van der Waals surface area contributed by atoms with Gasteiger partial charge < -0.3 is 9.88 Å². The van der Waals surface area contributed by atoms with E-state index in [4.69, 9.17) is 0 Å². The number of hydrogen-bond acceptors (Lipinski definition) is 2. The highest BCUT2D eigenvalue weighted by atomic mass is 127. The van der Waals surface area contributed by atoms with E-state index in [1.165, 1.54) is 12.1 Å². The lowest BCUT2D eigenvalue weighted by Crippen LogP contribution is -2.18. The van der Waals surface area contributed by atoms with Crippen LogP contribution in [0.25, 0.3) is 0 Å². The number of rotatable bonds is 2. The van der Waals surface area contributed by atoms with E-state index in [0.717, 1.165) is 28.7 Å². The van der Waals surface area contributed by atoms with E-state index in [0.29, 0.717) is 11.4 Å². The molecule has 0 saturated heterocycles. The lowest BCUT2D eigenvalue weighted by atomic mass is 10.2. The molecule has 0 aliphatic carbocycles. The maximum absolute atomic E-state index is 13.8. The molecule has 1 aliphatic heterocycles. The summed E-state index contributed by atoms with van der Waals surface area (Å²) in [5.41, 5.74) is 2.03. The fraction of sp³-hybridized carbons (Fsp3) is 0.214. The predicted molar refractivity (Wildman–Crippen MR) is 81.4 cm³/mol. The molecule has 19 heavy (non-hydrogen) atoms. The zero-order valence-corrected chi connectivity index (χ0v) is 12.3. The van der Waals surface area contributed by atoms with E-state index >= 15 is 0 Å². The molecule has 0 atom stereocenters. The van der Waals surface area contributed by atoms with Crippen molar-refractivity contribution in [3.63, 3.8) is 0 Å². The largest absolute Gasteiger partial charge is 0.353 e. The molecule has 0 radical (unpaired) electrons. The van der Waals surface area contributed by atoms with Crippen molar-refractivity contribution >= 4 is 34.0 Å². The third-order valence-corrected chi connectivity index (χ3v) is 3.91. The summed E-state index contributed by atoms with van der Waals surface area (Å²) in [5.74, 6) is -0.312. The van der Waals surface area contributed by atoms with Crippen molar-refractivity contribution in [1.82, 2.24) is 4.57 Å². The number of benzene rings is 1. The number of nitrogens with one attached hydrogen (secondary N) is 1. The van der Waals surface area contributed by atoms with Crippen molar-refractivity contribution in [2.45, 2.75) is 19.4 Å². The number of halogens is 2. The van der Waals surface area contributed by atoms with Crippen molar-refractivity contribution in [2.75, 3.05) is 5.32 Å². The van der Waals surface area contributed by atoms with E-state index in [1.54, 1.807) is 10.6 Å². The standard InChI is InChI=1S/C14H12FIN2O/c15-12-6-9(16)3-4-13(12)17-10-7-11-2-1-5-18(11)14(19)8-10/h3-4,6-8,17H,1-2,5H2. The van der Waals surface area contributed by atoms with Crippen molar-refractivity contribution in [1.29, 1.82) is 0 Å². The van der Waals surface area contributed by atoms with Gasteiger partial charge in [-0.25, -0.2) is 4.39 Å². The Kier molecular flexibility index (Phi) is 3.30. The van der Waals surface area contributed by atoms with Crippen LogP contribution in [0.3, 0.4) is 0 Å². The van der Waals surface area contributed by atoms with E-state index in [1.807, 2.05) is 12.1 Å². The Morgan fingerprint density at radius 1 is 1.26 bits per heavy atom. The Morgan fingerprint density at radius 3 is 2.89 bits per heavy atom. The molecule has 3 nitrogen and oxygen atoms in total. The fourth-order valence-electron chi connectivity index (χ4n) is 2.35. The average molecular weight is 370 g/mol. The molecule has 1 aliphatic rings. The zero-order valence-electron chi connectivity index (χ0n) is 10.1. The third-order valence-electron chi connectivity index (χ3n) is 3.24. The highest BCUT2D eigenvalue weighted by molar-refractivity contribution is 14.1. The summed E-state index contributed by atoms with van der Waals surface area (Å²) in [6.07, 6.45) is 1.90. The minimum absolute atomic E-state index is 0.0246. The van der Waals surface area contributed by atoms with E-state index in [2.05, 4.69) is 27.9 Å². The molecule has 0 unspecified atom stereocenters. The summed E-state index contributed by atoms with van der Waals surface area (Å²) < 4.78 is 16.4. The second-order valence-corrected chi connectivity index (χ2v) is 5.82. The van der Waals surface area contributed by atoms with Gasteiger partial charge in [0.15, 0.2) is 0 Å². The first-order valence-electron chi connectivity index (χ1n) is 6.09. The number of anilines is 2. The van der Waals surface area contributed by atoms with Gasteiger partial charge in [0.25, 0.3) is 5.56 Å². The number of fused-ring (bicyclic) bond motifs is 1. The second-order valence-electron chi connectivity index (χ2n) is 4.58. The van der Waals surface area contributed by atoms with Gasteiger partial charge in [-0.15, -0.1) is 0 Å². The normalized spacial score (nSPS) is 13.4. The number of aromatic nitrogens is 1. The SMILES string of the molecule is O=c1cc(Nc2ccc(I)cc2F)cc2n1CCC2. The van der Waals surface area contributed by atoms with Gasteiger partial charge >= 0.3 is 0 Å². The summed E-state index contributed by atoms with van der Waals surface area (Å²) in [4.78, 5) is 11.9. The number of hydrogen-bond donors (Lipinski definition) is 1. The quantitative estimate of drug-likeness (QED) is 0.824. The van der Waals surface area contributed by atoms with Crippen LogP contribution in [-0.4, -0.2) is 4.57 Å². The first kappa shape index (κ1) is 12.7. The van der Waals surface area contributed by atoms with E-state index in [-0.39, 0.29) is 11.4 Å². The first-order valence-corrected chi connectivity index (χ1v) is 7.17. The molecule has 5 heteroatoms. The van der Waals surface area contributed by atoms with Crippen molar-refractivity contribution in [3.8, 4) is 0 Å². The van der Waals surface area contributed by atoms with Crippen LogP contribution in [0.15, 0.2) is 35.1 Å². The summed E-state index contributed by atoms with van der Waals surface area (Å²) in [6, 6.07) is 8.41. The Balaban J connectivity index is 1.96. The van der Waals surface area contributed by atoms with Gasteiger partial charge in [-0.3, -0.25) is 4.79 Å². The molecular weight excluding hydrogens is 358 g/mol. The Hall–Kier alpha value is -1.37. The van der Waals surface area contributed by atoms with Gasteiger partial charge in [-0.1, -0.05) is 0 Å². The van der Waals surface area contributed by atoms with Gasteiger partial charge in [0.1, 0.15) is 5.82 Å². The lowest BCUT2D eigenvalue weighted by Gasteiger charge is -2.10. The molecule has 0 fully saturated rings. The maximum atomic E-state index is 13.8.